The first-order valence-electron chi connectivity index (χ1n) is 8.03. The number of hydrogen-bond acceptors (Lipinski definition) is 0. The number of quaternary nitrogens is 1. The van der Waals surface area contributed by atoms with Gasteiger partial charge in [0.1, 0.15) is 6.54 Å². The second-order valence-electron chi connectivity index (χ2n) is 5.69. The molecule has 0 aromatic carbocycles. The molecule has 0 amide bonds. The third-order valence-electron chi connectivity index (χ3n) is 4.21. The zero-order chi connectivity index (χ0) is 13.1. The van der Waals surface area contributed by atoms with E-state index >= 15 is 0 Å². The molecule has 1 heteroatoms. The van der Waals surface area contributed by atoms with Crippen molar-refractivity contribution in [1.82, 2.24) is 0 Å². The van der Waals surface area contributed by atoms with Crippen LogP contribution in [0, 0.1) is 0 Å². The summed E-state index contributed by atoms with van der Waals surface area (Å²) >= 11 is 0. The molecule has 0 saturated carbocycles. The molecule has 1 heterocycles. The van der Waals surface area contributed by atoms with Crippen LogP contribution in [0.2, 0.25) is 0 Å². The highest BCUT2D eigenvalue weighted by Crippen LogP contribution is 2.16. The highest BCUT2D eigenvalue weighted by atomic mass is 15.3. The summed E-state index contributed by atoms with van der Waals surface area (Å²) in [5, 5.41) is 0. The Morgan fingerprint density at radius 3 is 2.06 bits per heavy atom. The Balaban J connectivity index is 2.03. The summed E-state index contributed by atoms with van der Waals surface area (Å²) in [6, 6.07) is 0. The molecule has 0 fully saturated rings. The van der Waals surface area contributed by atoms with E-state index in [0.29, 0.717) is 0 Å². The van der Waals surface area contributed by atoms with Crippen molar-refractivity contribution in [3.05, 3.63) is 24.4 Å². The Bertz CT molecular complexity index is 254. The molecule has 1 aliphatic heterocycles. The molecular weight excluding hydrogens is 218 g/mol. The molecule has 0 saturated heterocycles. The summed E-state index contributed by atoms with van der Waals surface area (Å²) in [6.07, 6.45) is 20.5. The predicted octanol–water partition coefficient (Wildman–Crippen LogP) is 5.05. The molecule has 0 aromatic heterocycles. The van der Waals surface area contributed by atoms with E-state index in [1.165, 1.54) is 75.5 Å². The average Bonchev–Trinajstić information content (AvgIpc) is 2.43. The second kappa shape index (κ2) is 9.38. The van der Waals surface area contributed by atoms with Crippen molar-refractivity contribution in [2.75, 3.05) is 19.6 Å². The number of unbranched alkanes of at least 4 members (excludes halogenated alkanes) is 7. The van der Waals surface area contributed by atoms with Gasteiger partial charge in [-0.2, -0.15) is 0 Å². The Morgan fingerprint density at radius 1 is 0.833 bits per heavy atom. The average molecular weight is 250 g/mol. The molecule has 0 bridgehead atoms. The first-order valence-corrected chi connectivity index (χ1v) is 8.03. The molecule has 18 heavy (non-hydrogen) atoms. The number of allylic oxidation sites excluding steroid dienone is 2. The van der Waals surface area contributed by atoms with Crippen LogP contribution < -0.4 is 0 Å². The molecule has 0 aliphatic carbocycles. The lowest BCUT2D eigenvalue weighted by molar-refractivity contribution is -0.872. The molecule has 0 spiro atoms. The monoisotopic (exact) mass is 250 g/mol. The largest absolute Gasteiger partial charge is 0.294 e. The topological polar surface area (TPSA) is 0 Å². The molecule has 104 valence electrons. The van der Waals surface area contributed by atoms with E-state index in [9.17, 15) is 0 Å². The molecule has 0 radical (unpaired) electrons. The summed E-state index contributed by atoms with van der Waals surface area (Å²) in [4.78, 5) is 0. The Kier molecular flexibility index (Phi) is 8.08. The van der Waals surface area contributed by atoms with E-state index < -0.39 is 0 Å². The summed E-state index contributed by atoms with van der Waals surface area (Å²) in [5.41, 5.74) is 0. The van der Waals surface area contributed by atoms with Crippen LogP contribution in [0.15, 0.2) is 24.4 Å². The molecule has 1 atom stereocenters. The van der Waals surface area contributed by atoms with Gasteiger partial charge >= 0.3 is 0 Å². The van der Waals surface area contributed by atoms with Gasteiger partial charge in [0.25, 0.3) is 0 Å². The molecule has 1 aliphatic rings. The van der Waals surface area contributed by atoms with E-state index in [4.69, 9.17) is 0 Å². The van der Waals surface area contributed by atoms with Crippen LogP contribution in [-0.2, 0) is 0 Å². The van der Waals surface area contributed by atoms with Gasteiger partial charge in [0.05, 0.1) is 19.3 Å². The fraction of sp³-hybridized carbons (Fsp3) is 0.765. The van der Waals surface area contributed by atoms with Gasteiger partial charge in [0.2, 0.25) is 0 Å². The van der Waals surface area contributed by atoms with E-state index in [0.717, 1.165) is 0 Å². The third-order valence-corrected chi connectivity index (χ3v) is 4.21. The maximum Gasteiger partial charge on any atom is 0.102 e. The molecule has 0 N–H and O–H groups in total. The van der Waals surface area contributed by atoms with Gasteiger partial charge in [-0.1, -0.05) is 51.5 Å². The number of hydrogen-bond donors (Lipinski definition) is 0. The number of rotatable bonds is 10. The lowest BCUT2D eigenvalue weighted by Crippen LogP contribution is -2.44. The first kappa shape index (κ1) is 15.5. The Hall–Kier alpha value is -0.560. The molecule has 1 nitrogen and oxygen atoms in total. The van der Waals surface area contributed by atoms with Crippen molar-refractivity contribution in [1.29, 1.82) is 0 Å². The lowest BCUT2D eigenvalue weighted by atomic mass is 10.1. The minimum Gasteiger partial charge on any atom is -0.294 e. The minimum absolute atomic E-state index is 1.17. The van der Waals surface area contributed by atoms with Crippen molar-refractivity contribution >= 4 is 0 Å². The Morgan fingerprint density at radius 2 is 1.50 bits per heavy atom. The third kappa shape index (κ3) is 5.86. The SMILES string of the molecule is CCCCCCCCCC[N+]1(CC)C=CC=CC1. The predicted molar refractivity (Wildman–Crippen MR) is 81.4 cm³/mol. The maximum absolute atomic E-state index is 2.39. The van der Waals surface area contributed by atoms with Gasteiger partial charge in [-0.3, -0.25) is 4.48 Å². The molecular formula is C17H32N+. The van der Waals surface area contributed by atoms with Gasteiger partial charge < -0.3 is 0 Å². The van der Waals surface area contributed by atoms with Crippen molar-refractivity contribution < 1.29 is 4.48 Å². The van der Waals surface area contributed by atoms with Gasteiger partial charge in [-0.15, -0.1) is 0 Å². The summed E-state index contributed by atoms with van der Waals surface area (Å²) < 4.78 is 1.17. The molecule has 1 rings (SSSR count). The fourth-order valence-electron chi connectivity index (χ4n) is 2.76. The zero-order valence-corrected chi connectivity index (χ0v) is 12.5. The van der Waals surface area contributed by atoms with Crippen molar-refractivity contribution in [3.63, 3.8) is 0 Å². The van der Waals surface area contributed by atoms with Crippen molar-refractivity contribution in [3.8, 4) is 0 Å². The quantitative estimate of drug-likeness (QED) is 0.376. The standard InChI is InChI=1S/C17H32N/c1-3-5-6-7-8-9-10-12-15-18(4-2)16-13-11-14-17-18/h11,13-14,16H,3-10,12,15,17H2,1-2H3/q+1. The van der Waals surface area contributed by atoms with Crippen LogP contribution in [0.25, 0.3) is 0 Å². The van der Waals surface area contributed by atoms with Crippen LogP contribution in [0.3, 0.4) is 0 Å². The molecule has 1 unspecified atom stereocenters. The van der Waals surface area contributed by atoms with Crippen LogP contribution in [0.5, 0.6) is 0 Å². The second-order valence-corrected chi connectivity index (χ2v) is 5.69. The summed E-state index contributed by atoms with van der Waals surface area (Å²) in [5.74, 6) is 0. The van der Waals surface area contributed by atoms with Crippen LogP contribution in [-0.4, -0.2) is 24.1 Å². The van der Waals surface area contributed by atoms with Crippen LogP contribution in [0.4, 0.5) is 0 Å². The van der Waals surface area contributed by atoms with E-state index in [2.05, 4.69) is 38.3 Å². The fourth-order valence-corrected chi connectivity index (χ4v) is 2.76. The first-order chi connectivity index (χ1) is 8.83. The maximum atomic E-state index is 2.39. The van der Waals surface area contributed by atoms with Gasteiger partial charge in [0, 0.05) is 0 Å². The molecule has 0 aromatic rings. The van der Waals surface area contributed by atoms with Crippen molar-refractivity contribution in [2.24, 2.45) is 0 Å². The van der Waals surface area contributed by atoms with Crippen LogP contribution in [0.1, 0.15) is 65.2 Å². The highest BCUT2D eigenvalue weighted by Gasteiger charge is 2.21. The summed E-state index contributed by atoms with van der Waals surface area (Å²) in [6.45, 7) is 8.36. The number of nitrogens with zero attached hydrogens (tertiary/aromatic N) is 1. The van der Waals surface area contributed by atoms with E-state index in [-0.39, 0.29) is 0 Å². The van der Waals surface area contributed by atoms with E-state index in [1.807, 2.05) is 0 Å². The van der Waals surface area contributed by atoms with Gasteiger partial charge in [-0.05, 0) is 31.9 Å². The van der Waals surface area contributed by atoms with Gasteiger partial charge in [-0.25, -0.2) is 0 Å². The lowest BCUT2D eigenvalue weighted by Gasteiger charge is -2.34. The zero-order valence-electron chi connectivity index (χ0n) is 12.5. The van der Waals surface area contributed by atoms with Gasteiger partial charge in [0.15, 0.2) is 0 Å². The Labute approximate surface area is 114 Å². The van der Waals surface area contributed by atoms with Crippen LogP contribution >= 0.6 is 0 Å². The summed E-state index contributed by atoms with van der Waals surface area (Å²) in [7, 11) is 0. The normalized spacial score (nSPS) is 22.6. The number of likely N-dealkylation sites (N-methyl/N-ethyl adjacent to an activating group) is 1. The minimum atomic E-state index is 1.17. The smallest absolute Gasteiger partial charge is 0.102 e. The van der Waals surface area contributed by atoms with Crippen molar-refractivity contribution in [2.45, 2.75) is 65.2 Å². The highest BCUT2D eigenvalue weighted by molar-refractivity contribution is 5.03. The van der Waals surface area contributed by atoms with E-state index in [1.54, 1.807) is 0 Å².